The van der Waals surface area contributed by atoms with Crippen molar-refractivity contribution >= 4 is 39.3 Å². The normalized spacial score (nSPS) is 14.0. The molecule has 0 heterocycles. The van der Waals surface area contributed by atoms with Crippen LogP contribution in [0.4, 0.5) is 30.7 Å². The maximum absolute atomic E-state index is 14.5. The maximum atomic E-state index is 14.5. The molecule has 2 nitrogen and oxygen atoms in total. The van der Waals surface area contributed by atoms with Crippen molar-refractivity contribution in [3.63, 3.8) is 0 Å². The minimum absolute atomic E-state index is 0.109. The number of carbonyl (C=O) groups is 1. The number of alkyl halides is 6. The minimum Gasteiger partial charge on any atom is -0.478 e. The van der Waals surface area contributed by atoms with Gasteiger partial charge in [-0.25, -0.2) is 9.18 Å². The van der Waals surface area contributed by atoms with Crippen molar-refractivity contribution in [3.05, 3.63) is 74.2 Å². The van der Waals surface area contributed by atoms with E-state index in [1.165, 1.54) is 0 Å². The van der Waals surface area contributed by atoms with E-state index in [0.29, 0.717) is 12.1 Å². The fraction of sp³-hybridized carbons (Fsp3) is 0.167. The molecule has 0 aliphatic carbocycles. The Morgan fingerprint density at radius 2 is 1.69 bits per heavy atom. The van der Waals surface area contributed by atoms with E-state index in [-0.39, 0.29) is 21.6 Å². The molecule has 0 bridgehead atoms. The van der Waals surface area contributed by atoms with Crippen molar-refractivity contribution in [1.29, 1.82) is 0 Å². The third-order valence-electron chi connectivity index (χ3n) is 3.80. The number of benzene rings is 2. The van der Waals surface area contributed by atoms with Crippen LogP contribution in [0, 0.1) is 0 Å². The molecule has 0 amide bonds. The SMILES string of the molecule is O=C(O)c1ccc(/C(F)=C/C(c2ccc(Cl)c(Br)c2)C(F)(F)F)cc1C(F)(F)F. The predicted molar refractivity (Wildman–Crippen MR) is 95.4 cm³/mol. The van der Waals surface area contributed by atoms with E-state index in [2.05, 4.69) is 15.9 Å². The summed E-state index contributed by atoms with van der Waals surface area (Å²) >= 11 is 8.68. The highest BCUT2D eigenvalue weighted by molar-refractivity contribution is 9.10. The number of hydrogen-bond acceptors (Lipinski definition) is 1. The number of allylic oxidation sites excluding steroid dienone is 1. The molecular formula is C18H9BrClF7O2. The van der Waals surface area contributed by atoms with Gasteiger partial charge in [0.2, 0.25) is 0 Å². The topological polar surface area (TPSA) is 37.3 Å². The quantitative estimate of drug-likeness (QED) is 0.438. The zero-order valence-electron chi connectivity index (χ0n) is 13.9. The van der Waals surface area contributed by atoms with Gasteiger partial charge in [-0.15, -0.1) is 0 Å². The van der Waals surface area contributed by atoms with Gasteiger partial charge in [0.25, 0.3) is 0 Å². The van der Waals surface area contributed by atoms with Gasteiger partial charge < -0.3 is 5.11 Å². The van der Waals surface area contributed by atoms with Crippen molar-refractivity contribution < 1.29 is 40.6 Å². The van der Waals surface area contributed by atoms with E-state index in [9.17, 15) is 35.5 Å². The molecule has 0 saturated heterocycles. The molecule has 0 fully saturated rings. The van der Waals surface area contributed by atoms with Crippen LogP contribution in [0.3, 0.4) is 0 Å². The van der Waals surface area contributed by atoms with E-state index in [1.807, 2.05) is 0 Å². The van der Waals surface area contributed by atoms with Crippen molar-refractivity contribution in [1.82, 2.24) is 0 Å². The molecule has 0 radical (unpaired) electrons. The summed E-state index contributed by atoms with van der Waals surface area (Å²) in [5.41, 5.74) is -4.07. The lowest BCUT2D eigenvalue weighted by Crippen LogP contribution is -2.19. The van der Waals surface area contributed by atoms with Gasteiger partial charge >= 0.3 is 18.3 Å². The molecule has 2 aromatic carbocycles. The Hall–Kier alpha value is -2.07. The molecule has 1 N–H and O–H groups in total. The molecule has 156 valence electrons. The van der Waals surface area contributed by atoms with E-state index < -0.39 is 52.3 Å². The molecule has 1 atom stereocenters. The maximum Gasteiger partial charge on any atom is 0.417 e. The molecule has 2 rings (SSSR count). The Bertz CT molecular complexity index is 968. The Labute approximate surface area is 172 Å². The van der Waals surface area contributed by atoms with Crippen LogP contribution in [0.5, 0.6) is 0 Å². The van der Waals surface area contributed by atoms with Crippen LogP contribution in [0.15, 0.2) is 46.9 Å². The standard InChI is InChI=1S/C18H9BrClF7O2/c19-13-6-8(2-4-14(13)20)11(17(22,23)24)7-15(21)9-1-3-10(16(28)29)12(5-9)18(25,26)27/h1-7,11H,(H,28,29)/b15-7-. The summed E-state index contributed by atoms with van der Waals surface area (Å²) in [6.45, 7) is 0. The number of halogens is 9. The van der Waals surface area contributed by atoms with Crippen LogP contribution in [0.2, 0.25) is 5.02 Å². The highest BCUT2D eigenvalue weighted by Crippen LogP contribution is 2.41. The molecule has 0 aliphatic rings. The van der Waals surface area contributed by atoms with Crippen LogP contribution in [-0.2, 0) is 6.18 Å². The van der Waals surface area contributed by atoms with Gasteiger partial charge in [-0.1, -0.05) is 23.7 Å². The summed E-state index contributed by atoms with van der Waals surface area (Å²) in [6, 6.07) is 4.46. The summed E-state index contributed by atoms with van der Waals surface area (Å²) in [6.07, 6.45) is -9.99. The largest absolute Gasteiger partial charge is 0.478 e. The monoisotopic (exact) mass is 504 g/mol. The zero-order valence-corrected chi connectivity index (χ0v) is 16.2. The van der Waals surface area contributed by atoms with E-state index in [1.54, 1.807) is 0 Å². The van der Waals surface area contributed by atoms with Gasteiger partial charge in [-0.05, 0) is 51.8 Å². The Morgan fingerprint density at radius 1 is 1.07 bits per heavy atom. The van der Waals surface area contributed by atoms with Crippen LogP contribution >= 0.6 is 27.5 Å². The Balaban J connectivity index is 2.58. The second-order valence-corrected chi connectivity index (χ2v) is 7.03. The first kappa shape index (κ1) is 23.2. The first-order chi connectivity index (χ1) is 13.2. The van der Waals surface area contributed by atoms with Gasteiger partial charge in [0.15, 0.2) is 0 Å². The molecule has 11 heteroatoms. The third kappa shape index (κ3) is 5.51. The lowest BCUT2D eigenvalue weighted by atomic mass is 9.95. The molecule has 1 unspecified atom stereocenters. The summed E-state index contributed by atoms with van der Waals surface area (Å²) in [4.78, 5) is 10.9. The second-order valence-electron chi connectivity index (χ2n) is 5.77. The van der Waals surface area contributed by atoms with Gasteiger partial charge in [0, 0.05) is 10.0 Å². The number of carboxylic acids is 1. The van der Waals surface area contributed by atoms with Gasteiger partial charge in [-0.3, -0.25) is 0 Å². The molecule has 0 spiro atoms. The zero-order chi connectivity index (χ0) is 22.1. The van der Waals surface area contributed by atoms with Gasteiger partial charge in [0.1, 0.15) is 11.7 Å². The molecule has 0 aromatic heterocycles. The number of carboxylic acid groups (broad SMARTS) is 1. The second kappa shape index (κ2) is 8.35. The van der Waals surface area contributed by atoms with Gasteiger partial charge in [-0.2, -0.15) is 26.3 Å². The summed E-state index contributed by atoms with van der Waals surface area (Å²) in [5.74, 6) is -5.99. The third-order valence-corrected chi connectivity index (χ3v) is 5.01. The minimum atomic E-state index is -5.14. The first-order valence-electron chi connectivity index (χ1n) is 7.55. The lowest BCUT2D eigenvalue weighted by molar-refractivity contribution is -0.140. The highest BCUT2D eigenvalue weighted by Gasteiger charge is 2.40. The molecule has 0 aliphatic heterocycles. The predicted octanol–water partition coefficient (Wildman–Crippen LogP) is 7.48. The first-order valence-corrected chi connectivity index (χ1v) is 8.72. The number of hydrogen-bond donors (Lipinski definition) is 1. The average molecular weight is 506 g/mol. The summed E-state index contributed by atoms with van der Waals surface area (Å²) < 4.78 is 94.1. The molecule has 2 aromatic rings. The van der Waals surface area contributed by atoms with Crippen molar-refractivity contribution in [2.24, 2.45) is 0 Å². The number of rotatable bonds is 4. The van der Waals surface area contributed by atoms with Crippen LogP contribution in [0.1, 0.15) is 33.0 Å². The molecule has 0 saturated carbocycles. The fourth-order valence-corrected chi connectivity index (χ4v) is 2.96. The van der Waals surface area contributed by atoms with Crippen LogP contribution in [0.25, 0.3) is 5.83 Å². The van der Waals surface area contributed by atoms with Crippen LogP contribution < -0.4 is 0 Å². The summed E-state index contributed by atoms with van der Waals surface area (Å²) in [5, 5.41) is 8.94. The lowest BCUT2D eigenvalue weighted by Gasteiger charge is -2.18. The van der Waals surface area contributed by atoms with E-state index in [0.717, 1.165) is 18.2 Å². The highest BCUT2D eigenvalue weighted by atomic mass is 79.9. The summed E-state index contributed by atoms with van der Waals surface area (Å²) in [7, 11) is 0. The Kier molecular flexibility index (Phi) is 6.68. The smallest absolute Gasteiger partial charge is 0.417 e. The van der Waals surface area contributed by atoms with Crippen molar-refractivity contribution in [3.8, 4) is 0 Å². The van der Waals surface area contributed by atoms with E-state index in [4.69, 9.17) is 16.7 Å². The average Bonchev–Trinajstić information content (AvgIpc) is 2.59. The van der Waals surface area contributed by atoms with Gasteiger partial charge in [0.05, 0.1) is 16.1 Å². The van der Waals surface area contributed by atoms with E-state index >= 15 is 0 Å². The molecule has 29 heavy (non-hydrogen) atoms. The van der Waals surface area contributed by atoms with Crippen molar-refractivity contribution in [2.75, 3.05) is 0 Å². The fourth-order valence-electron chi connectivity index (χ4n) is 2.44. The molecular weight excluding hydrogens is 497 g/mol. The van der Waals surface area contributed by atoms with Crippen LogP contribution in [-0.4, -0.2) is 17.3 Å². The number of aromatic carboxylic acids is 1. The Morgan fingerprint density at radius 3 is 2.17 bits per heavy atom. The van der Waals surface area contributed by atoms with Crippen molar-refractivity contribution in [2.45, 2.75) is 18.3 Å².